The van der Waals surface area contributed by atoms with Gasteiger partial charge >= 0.3 is 0 Å². The number of ether oxygens (including phenoxy) is 1. The minimum atomic E-state index is -0.102. The number of nitrogens with zero attached hydrogens (tertiary/aromatic N) is 1. The number of nitrogens with one attached hydrogen (secondary N) is 1. The molecule has 104 valence electrons. The highest BCUT2D eigenvalue weighted by Crippen LogP contribution is 2.25. The molecule has 1 aliphatic heterocycles. The zero-order valence-corrected chi connectivity index (χ0v) is 11.3. The van der Waals surface area contributed by atoms with E-state index in [1.54, 1.807) is 13.0 Å². The van der Waals surface area contributed by atoms with Crippen molar-refractivity contribution in [1.82, 2.24) is 5.16 Å². The van der Waals surface area contributed by atoms with Crippen LogP contribution in [0.3, 0.4) is 0 Å². The summed E-state index contributed by atoms with van der Waals surface area (Å²) < 4.78 is 10.5. The third-order valence-electron chi connectivity index (χ3n) is 3.23. The molecule has 1 aromatic carbocycles. The van der Waals surface area contributed by atoms with Gasteiger partial charge in [0.1, 0.15) is 11.5 Å². The summed E-state index contributed by atoms with van der Waals surface area (Å²) in [5.41, 5.74) is 2.16. The van der Waals surface area contributed by atoms with E-state index in [0.29, 0.717) is 18.0 Å². The third-order valence-corrected chi connectivity index (χ3v) is 3.23. The van der Waals surface area contributed by atoms with E-state index in [0.717, 1.165) is 30.8 Å². The van der Waals surface area contributed by atoms with E-state index in [9.17, 15) is 4.79 Å². The van der Waals surface area contributed by atoms with Crippen molar-refractivity contribution in [1.29, 1.82) is 0 Å². The van der Waals surface area contributed by atoms with Gasteiger partial charge in [-0.25, -0.2) is 0 Å². The highest BCUT2D eigenvalue weighted by atomic mass is 16.5. The van der Waals surface area contributed by atoms with Crippen molar-refractivity contribution < 1.29 is 14.1 Å². The minimum Gasteiger partial charge on any atom is -0.493 e. The van der Waals surface area contributed by atoms with Crippen LogP contribution in [-0.4, -0.2) is 17.7 Å². The van der Waals surface area contributed by atoms with E-state index in [2.05, 4.69) is 10.5 Å². The second-order valence-corrected chi connectivity index (χ2v) is 4.94. The predicted molar refractivity (Wildman–Crippen MR) is 73.8 cm³/mol. The maximum atomic E-state index is 11.9. The largest absolute Gasteiger partial charge is 0.493 e. The van der Waals surface area contributed by atoms with Crippen LogP contribution in [0.1, 0.15) is 23.3 Å². The van der Waals surface area contributed by atoms with E-state index in [1.165, 1.54) is 5.56 Å². The van der Waals surface area contributed by atoms with Crippen molar-refractivity contribution in [3.05, 3.63) is 41.2 Å². The molecule has 0 aliphatic carbocycles. The first-order chi connectivity index (χ1) is 9.70. The number of fused-ring (bicyclic) bond motifs is 1. The summed E-state index contributed by atoms with van der Waals surface area (Å²) in [5.74, 6) is 1.96. The van der Waals surface area contributed by atoms with Gasteiger partial charge in [0.05, 0.1) is 13.0 Å². The second kappa shape index (κ2) is 5.36. The first-order valence-electron chi connectivity index (χ1n) is 6.68. The molecule has 0 radical (unpaired) electrons. The first kappa shape index (κ1) is 12.7. The second-order valence-electron chi connectivity index (χ2n) is 4.94. The van der Waals surface area contributed by atoms with Gasteiger partial charge in [0.2, 0.25) is 5.91 Å². The summed E-state index contributed by atoms with van der Waals surface area (Å²) in [7, 11) is 0. The molecular formula is C15H16N2O3. The SMILES string of the molecule is Cc1cc(NC(=O)Cc2ccc3c(c2)CCCO3)no1. The van der Waals surface area contributed by atoms with Crippen molar-refractivity contribution in [3.63, 3.8) is 0 Å². The summed E-state index contributed by atoms with van der Waals surface area (Å²) >= 11 is 0. The molecule has 1 amide bonds. The van der Waals surface area contributed by atoms with Gasteiger partial charge in [-0.15, -0.1) is 0 Å². The molecular weight excluding hydrogens is 256 g/mol. The molecule has 5 nitrogen and oxygen atoms in total. The molecule has 0 fully saturated rings. The van der Waals surface area contributed by atoms with Crippen molar-refractivity contribution >= 4 is 11.7 Å². The van der Waals surface area contributed by atoms with Gasteiger partial charge in [0.15, 0.2) is 5.82 Å². The fraction of sp³-hybridized carbons (Fsp3) is 0.333. The number of hydrogen-bond donors (Lipinski definition) is 1. The summed E-state index contributed by atoms with van der Waals surface area (Å²) in [6, 6.07) is 7.61. The summed E-state index contributed by atoms with van der Waals surface area (Å²) in [4.78, 5) is 11.9. The van der Waals surface area contributed by atoms with Gasteiger partial charge in [0.25, 0.3) is 0 Å². The lowest BCUT2D eigenvalue weighted by molar-refractivity contribution is -0.115. The summed E-state index contributed by atoms with van der Waals surface area (Å²) in [6.45, 7) is 2.56. The minimum absolute atomic E-state index is 0.102. The average molecular weight is 272 g/mol. The van der Waals surface area contributed by atoms with Crippen LogP contribution < -0.4 is 10.1 Å². The van der Waals surface area contributed by atoms with Gasteiger partial charge in [-0.2, -0.15) is 0 Å². The zero-order chi connectivity index (χ0) is 13.9. The number of carbonyl (C=O) groups is 1. The Labute approximate surface area is 116 Å². The first-order valence-corrected chi connectivity index (χ1v) is 6.68. The molecule has 0 unspecified atom stereocenters. The number of aromatic nitrogens is 1. The van der Waals surface area contributed by atoms with Gasteiger partial charge in [0, 0.05) is 6.07 Å². The van der Waals surface area contributed by atoms with E-state index in [1.807, 2.05) is 18.2 Å². The van der Waals surface area contributed by atoms with E-state index < -0.39 is 0 Å². The number of rotatable bonds is 3. The Bertz CT molecular complexity index is 634. The molecule has 2 heterocycles. The molecule has 5 heteroatoms. The average Bonchev–Trinajstić information content (AvgIpc) is 2.83. The number of carbonyl (C=O) groups excluding carboxylic acids is 1. The summed E-state index contributed by atoms with van der Waals surface area (Å²) in [6.07, 6.45) is 2.35. The standard InChI is InChI=1S/C15H16N2O3/c1-10-7-14(17-20-10)16-15(18)9-11-4-5-13-12(8-11)3-2-6-19-13/h4-5,7-8H,2-3,6,9H2,1H3,(H,16,17,18). The Morgan fingerprint density at radius 3 is 3.10 bits per heavy atom. The van der Waals surface area contributed by atoms with Gasteiger partial charge in [-0.05, 0) is 37.0 Å². The molecule has 1 N–H and O–H groups in total. The number of hydrogen-bond acceptors (Lipinski definition) is 4. The van der Waals surface area contributed by atoms with Crippen molar-refractivity contribution in [2.75, 3.05) is 11.9 Å². The smallest absolute Gasteiger partial charge is 0.230 e. The highest BCUT2D eigenvalue weighted by molar-refractivity contribution is 5.91. The van der Waals surface area contributed by atoms with Gasteiger partial charge in [-0.1, -0.05) is 17.3 Å². The molecule has 0 saturated carbocycles. The Hall–Kier alpha value is -2.30. The van der Waals surface area contributed by atoms with Crippen molar-refractivity contribution in [3.8, 4) is 5.75 Å². The quantitative estimate of drug-likeness (QED) is 0.932. The Morgan fingerprint density at radius 2 is 2.30 bits per heavy atom. The number of anilines is 1. The van der Waals surface area contributed by atoms with Crippen LogP contribution in [0.2, 0.25) is 0 Å². The number of benzene rings is 1. The molecule has 0 bridgehead atoms. The van der Waals surface area contributed by atoms with E-state index >= 15 is 0 Å². The molecule has 20 heavy (non-hydrogen) atoms. The van der Waals surface area contributed by atoms with Crippen LogP contribution >= 0.6 is 0 Å². The lowest BCUT2D eigenvalue weighted by Crippen LogP contribution is -2.15. The number of amides is 1. The monoisotopic (exact) mass is 272 g/mol. The highest BCUT2D eigenvalue weighted by Gasteiger charge is 2.12. The third kappa shape index (κ3) is 2.82. The number of aryl methyl sites for hydroxylation is 2. The van der Waals surface area contributed by atoms with E-state index in [4.69, 9.17) is 9.26 Å². The van der Waals surface area contributed by atoms with E-state index in [-0.39, 0.29) is 5.91 Å². The maximum absolute atomic E-state index is 11.9. The summed E-state index contributed by atoms with van der Waals surface area (Å²) in [5, 5.41) is 6.46. The van der Waals surface area contributed by atoms with Crippen LogP contribution in [0.4, 0.5) is 5.82 Å². The maximum Gasteiger partial charge on any atom is 0.230 e. The zero-order valence-electron chi connectivity index (χ0n) is 11.3. The molecule has 3 rings (SSSR count). The Kier molecular flexibility index (Phi) is 3.41. The molecule has 0 saturated heterocycles. The van der Waals surface area contributed by atoms with Crippen LogP contribution in [-0.2, 0) is 17.6 Å². The molecule has 2 aromatic rings. The normalized spacial score (nSPS) is 13.4. The van der Waals surface area contributed by atoms with Crippen LogP contribution in [0.15, 0.2) is 28.8 Å². The van der Waals surface area contributed by atoms with Gasteiger partial charge < -0.3 is 14.6 Å². The fourth-order valence-electron chi connectivity index (χ4n) is 2.32. The van der Waals surface area contributed by atoms with Crippen LogP contribution in [0.25, 0.3) is 0 Å². The topological polar surface area (TPSA) is 64.4 Å². The Balaban J connectivity index is 1.66. The lowest BCUT2D eigenvalue weighted by Gasteiger charge is -2.17. The predicted octanol–water partition coefficient (Wildman–Crippen LogP) is 2.49. The molecule has 0 spiro atoms. The van der Waals surface area contributed by atoms with Crippen molar-refractivity contribution in [2.24, 2.45) is 0 Å². The van der Waals surface area contributed by atoms with Gasteiger partial charge in [-0.3, -0.25) is 4.79 Å². The van der Waals surface area contributed by atoms with Crippen molar-refractivity contribution in [2.45, 2.75) is 26.2 Å². The fourth-order valence-corrected chi connectivity index (χ4v) is 2.32. The molecule has 1 aliphatic rings. The lowest BCUT2D eigenvalue weighted by atomic mass is 10.0. The molecule has 1 aromatic heterocycles. The molecule has 0 atom stereocenters. The Morgan fingerprint density at radius 1 is 1.40 bits per heavy atom. The van der Waals surface area contributed by atoms with Crippen LogP contribution in [0, 0.1) is 6.92 Å². The van der Waals surface area contributed by atoms with Crippen LogP contribution in [0.5, 0.6) is 5.75 Å².